The molecule has 9 N–H and O–H groups in total. The summed E-state index contributed by atoms with van der Waals surface area (Å²) in [6.45, 7) is 9.51. The second-order valence-electron chi connectivity index (χ2n) is 26.6. The molecule has 2 saturated heterocycles. The van der Waals surface area contributed by atoms with Crippen molar-refractivity contribution in [2.75, 3.05) is 23.7 Å². The van der Waals surface area contributed by atoms with Gasteiger partial charge in [0.2, 0.25) is 35.3 Å². The molecule has 2 aromatic carbocycles. The number of anilines is 2. The van der Waals surface area contributed by atoms with Gasteiger partial charge in [-0.25, -0.2) is 0 Å². The maximum atomic E-state index is 14.4. The smallest absolute Gasteiger partial charge is 0.296 e. The van der Waals surface area contributed by atoms with Gasteiger partial charge in [-0.15, -0.1) is 0 Å². The largest absolute Gasteiger partial charge is 0.424 e. The first-order valence-corrected chi connectivity index (χ1v) is 30.6. The highest BCUT2D eigenvalue weighted by molar-refractivity contribution is 6.37. The highest BCUT2D eigenvalue weighted by atomic mass is 16.4. The predicted octanol–water partition coefficient (Wildman–Crippen LogP) is 6.59. The van der Waals surface area contributed by atoms with Crippen molar-refractivity contribution in [3.63, 3.8) is 0 Å². The third-order valence-corrected chi connectivity index (χ3v) is 20.9. The van der Waals surface area contributed by atoms with E-state index in [1.54, 1.807) is 9.80 Å². The lowest BCUT2D eigenvalue weighted by atomic mass is 9.79. The fraction of sp³-hybridized carbons (Fsp3) is 0.661. The van der Waals surface area contributed by atoms with Crippen molar-refractivity contribution in [2.45, 2.75) is 186 Å². The Balaban J connectivity index is 0.000000172. The number of nitrogens with two attached hydrogens (primary N) is 2. The molecule has 82 heavy (non-hydrogen) atoms. The Morgan fingerprint density at radius 1 is 0.598 bits per heavy atom. The number of fused-ring (bicyclic) bond motifs is 4. The summed E-state index contributed by atoms with van der Waals surface area (Å²) in [6.07, 6.45) is 15.7. The Bertz CT molecular complexity index is 2980. The molecule has 0 bridgehead atoms. The number of hydrogen-bond acceptors (Lipinski definition) is 14. The van der Waals surface area contributed by atoms with E-state index >= 15 is 0 Å². The number of ketones is 1. The maximum Gasteiger partial charge on any atom is 0.296 e. The first-order chi connectivity index (χ1) is 39.3. The Labute approximate surface area is 479 Å². The number of rotatable bonds is 20. The minimum Gasteiger partial charge on any atom is -0.424 e. The molecule has 2 aromatic heterocycles. The fourth-order valence-corrected chi connectivity index (χ4v) is 15.4. The number of nitrogens with one attached hydrogen (secondary N) is 4. The second kappa shape index (κ2) is 23.2. The van der Waals surface area contributed by atoms with Crippen LogP contribution in [0.3, 0.4) is 0 Å². The number of oxazole rings is 2. The lowest BCUT2D eigenvalue weighted by Crippen LogP contribution is -2.59. The number of hydrogen-bond donors (Lipinski definition) is 7. The van der Waals surface area contributed by atoms with Gasteiger partial charge in [-0.2, -0.15) is 9.97 Å². The molecule has 2 aliphatic heterocycles. The molecule has 6 amide bonds. The summed E-state index contributed by atoms with van der Waals surface area (Å²) in [7, 11) is 0. The number of aromatic nitrogens is 2. The molecule has 3 unspecified atom stereocenters. The predicted molar refractivity (Wildman–Crippen MR) is 306 cm³/mol. The summed E-state index contributed by atoms with van der Waals surface area (Å²) < 4.78 is 11.9. The van der Waals surface area contributed by atoms with Crippen LogP contribution in [0.1, 0.15) is 143 Å². The number of piperidine rings is 2. The zero-order valence-corrected chi connectivity index (χ0v) is 48.0. The second-order valence-corrected chi connectivity index (χ2v) is 26.6. The van der Waals surface area contributed by atoms with Gasteiger partial charge in [0.15, 0.2) is 17.3 Å². The molecular weight excluding hydrogens is 1040 g/mol. The van der Waals surface area contributed by atoms with Crippen molar-refractivity contribution < 1.29 is 47.5 Å². The molecule has 6 aliphatic carbocycles. The van der Waals surface area contributed by atoms with Crippen LogP contribution in [0.2, 0.25) is 0 Å². The van der Waals surface area contributed by atoms with E-state index < -0.39 is 60.0 Å². The third-order valence-electron chi connectivity index (χ3n) is 20.9. The van der Waals surface area contributed by atoms with Crippen molar-refractivity contribution in [1.82, 2.24) is 30.4 Å². The molecule has 442 valence electrons. The molecule has 20 heteroatoms. The summed E-state index contributed by atoms with van der Waals surface area (Å²) in [5.74, 6) is -2.40. The van der Waals surface area contributed by atoms with Crippen LogP contribution in [0.4, 0.5) is 12.0 Å². The number of primary amides is 2. The number of para-hydroxylation sites is 4. The van der Waals surface area contributed by atoms with E-state index in [4.69, 9.17) is 20.3 Å². The number of nitrogens with zero attached hydrogens (tertiary/aromatic N) is 4. The molecule has 8 aliphatic rings. The van der Waals surface area contributed by atoms with Crippen LogP contribution in [0.5, 0.6) is 0 Å². The molecule has 11 atom stereocenters. The van der Waals surface area contributed by atoms with Gasteiger partial charge in [-0.1, -0.05) is 129 Å². The summed E-state index contributed by atoms with van der Waals surface area (Å²) >= 11 is 0. The average Bonchev–Trinajstić information content (AvgIpc) is 3.71. The normalized spacial score (nSPS) is 27.4. The van der Waals surface area contributed by atoms with Gasteiger partial charge < -0.3 is 56.5 Å². The molecule has 0 spiro atoms. The number of Topliss-reactive ketones (excluding diaryl/α,β-unsaturated/α-hetero) is 1. The molecule has 4 aromatic rings. The van der Waals surface area contributed by atoms with Crippen molar-refractivity contribution in [3.05, 3.63) is 48.5 Å². The van der Waals surface area contributed by atoms with Crippen LogP contribution < -0.4 is 32.7 Å². The topological polar surface area (TPSA) is 298 Å². The third kappa shape index (κ3) is 11.4. The number of benzene rings is 2. The van der Waals surface area contributed by atoms with Gasteiger partial charge in [-0.3, -0.25) is 33.6 Å². The van der Waals surface area contributed by atoms with Gasteiger partial charge >= 0.3 is 0 Å². The molecular formula is C62H84N10O10. The van der Waals surface area contributed by atoms with Crippen molar-refractivity contribution in [1.29, 1.82) is 0 Å². The molecule has 20 nitrogen and oxygen atoms in total. The first kappa shape index (κ1) is 57.3. The van der Waals surface area contributed by atoms with Crippen molar-refractivity contribution in [3.8, 4) is 0 Å². The van der Waals surface area contributed by atoms with E-state index in [0.29, 0.717) is 60.6 Å². The quantitative estimate of drug-likeness (QED) is 0.0460. The minimum atomic E-state index is -1.47. The monoisotopic (exact) mass is 1130 g/mol. The summed E-state index contributed by atoms with van der Waals surface area (Å²) in [4.78, 5) is 106. The summed E-state index contributed by atoms with van der Waals surface area (Å²) in [5.41, 5.74) is 13.4. The molecule has 8 fully saturated rings. The van der Waals surface area contributed by atoms with E-state index in [0.717, 1.165) is 108 Å². The number of likely N-dealkylation sites (tertiary alicyclic amines) is 2. The van der Waals surface area contributed by atoms with Crippen LogP contribution in [-0.4, -0.2) is 122 Å². The van der Waals surface area contributed by atoms with Crippen LogP contribution in [0, 0.1) is 58.2 Å². The van der Waals surface area contributed by atoms with E-state index in [1.165, 1.54) is 0 Å². The fourth-order valence-electron chi connectivity index (χ4n) is 15.4. The maximum absolute atomic E-state index is 14.4. The van der Waals surface area contributed by atoms with Crippen LogP contribution in [0.25, 0.3) is 22.2 Å². The van der Waals surface area contributed by atoms with Gasteiger partial charge in [0, 0.05) is 13.1 Å². The van der Waals surface area contributed by atoms with Gasteiger partial charge in [-0.05, 0) is 121 Å². The van der Waals surface area contributed by atoms with Gasteiger partial charge in [0.1, 0.15) is 35.2 Å². The Morgan fingerprint density at radius 2 is 1.02 bits per heavy atom. The number of aliphatic hydroxyl groups is 1. The van der Waals surface area contributed by atoms with E-state index in [1.807, 2.05) is 48.5 Å². The standard InChI is InChI=1S/C31H43N5O5.C31H41N5O5/c2*1-31(2)19-16-36(25(23(19)31)28(39)33-21(26(37)27(32)38)15-17-9-8-10-17)29(40)24(18-11-4-3-5-12-18)35-30-34-20-13-6-7-14-22(20)41-30/h6-7,13-14,17-19,21,23-26,37H,3-5,8-12,15-16H2,1-2H3,(H2,32,38)(H,33,39)(H,34,35);6-7,13-14,17-19,21,23-25H,3-5,8-12,15-16H2,1-2H3,(H2,32,38)(H,33,39)(H,34,35)/t19-,21?,23-,24-,25-,26?;19-,21?,23-,24-,25-/m00/s1. The zero-order chi connectivity index (χ0) is 57.8. The Hall–Kier alpha value is -6.57. The van der Waals surface area contributed by atoms with E-state index in [2.05, 4.69) is 58.9 Å². The van der Waals surface area contributed by atoms with Crippen LogP contribution in [0.15, 0.2) is 57.4 Å². The molecule has 4 heterocycles. The van der Waals surface area contributed by atoms with E-state index in [-0.39, 0.29) is 75.9 Å². The summed E-state index contributed by atoms with van der Waals surface area (Å²) in [5, 5.41) is 23.1. The van der Waals surface area contributed by atoms with Gasteiger partial charge in [0.25, 0.3) is 17.9 Å². The Morgan fingerprint density at radius 3 is 1.43 bits per heavy atom. The summed E-state index contributed by atoms with van der Waals surface area (Å²) in [6, 6.07) is 11.3. The SMILES string of the molecule is CC1(C)[C@@H]2[C@@H](C(=O)NC(CC3CCC3)C(=O)C(N)=O)N(C(=O)[C@@H](Nc3nc4ccccc4o3)C3CCCCC3)C[C@@H]21.CC1(C)[C@@H]2[C@@H](C(=O)NC(CC3CCC3)C(O)C(N)=O)N(C(=O)[C@@H](Nc3nc4ccccc4o3)C3CCCCC3)C[C@@H]21. The lowest BCUT2D eigenvalue weighted by molar-refractivity contribution is -0.144. The minimum absolute atomic E-state index is 0.0119. The van der Waals surface area contributed by atoms with E-state index in [9.17, 15) is 38.7 Å². The van der Waals surface area contributed by atoms with Gasteiger partial charge in [0.05, 0.1) is 12.1 Å². The Kier molecular flexibility index (Phi) is 16.2. The first-order valence-electron chi connectivity index (χ1n) is 30.6. The zero-order valence-electron chi connectivity index (χ0n) is 48.0. The number of carbonyl (C=O) groups excluding carboxylic acids is 7. The highest BCUT2D eigenvalue weighted by Crippen LogP contribution is 2.66. The highest BCUT2D eigenvalue weighted by Gasteiger charge is 2.71. The lowest BCUT2D eigenvalue weighted by Gasteiger charge is -2.37. The molecule has 0 radical (unpaired) electrons. The van der Waals surface area contributed by atoms with Crippen LogP contribution >= 0.6 is 0 Å². The van der Waals surface area contributed by atoms with Crippen molar-refractivity contribution in [2.24, 2.45) is 69.6 Å². The molecule has 12 rings (SSSR count). The molecule has 6 saturated carbocycles. The number of amides is 6. The number of aliphatic hydroxyl groups excluding tert-OH is 1. The van der Waals surface area contributed by atoms with Crippen molar-refractivity contribution >= 4 is 75.5 Å². The van der Waals surface area contributed by atoms with Crippen LogP contribution in [-0.2, 0) is 33.6 Å². The average molecular weight is 1130 g/mol. The number of carbonyl (C=O) groups is 7.